The lowest BCUT2D eigenvalue weighted by Crippen LogP contribution is -2.21. The van der Waals surface area contributed by atoms with Crippen LogP contribution in [0, 0.1) is 6.92 Å². The number of aromatic nitrogens is 2. The number of nitrogens with zero attached hydrogens (tertiary/aromatic N) is 2. The van der Waals surface area contributed by atoms with E-state index in [1.54, 1.807) is 0 Å². The van der Waals surface area contributed by atoms with Crippen molar-refractivity contribution >= 4 is 15.9 Å². The number of rotatable bonds is 4. The number of nitrogens with one attached hydrogen (secondary N) is 1. The van der Waals surface area contributed by atoms with E-state index in [1.165, 1.54) is 11.3 Å². The van der Waals surface area contributed by atoms with Crippen LogP contribution in [0.4, 0.5) is 0 Å². The molecule has 0 amide bonds. The van der Waals surface area contributed by atoms with E-state index in [4.69, 9.17) is 0 Å². The molecule has 0 radical (unpaired) electrons. The largest absolute Gasteiger partial charge is 0.309 e. The number of halogens is 1. The van der Waals surface area contributed by atoms with Gasteiger partial charge < -0.3 is 9.88 Å². The molecule has 1 N–H and O–H groups in total. The minimum Gasteiger partial charge on any atom is -0.309 e. The highest BCUT2D eigenvalue weighted by molar-refractivity contribution is 9.10. The minimum atomic E-state index is 0.476. The first-order chi connectivity index (χ1) is 8.56. The summed E-state index contributed by atoms with van der Waals surface area (Å²) < 4.78 is 3.17. The quantitative estimate of drug-likeness (QED) is 0.937. The molecule has 18 heavy (non-hydrogen) atoms. The SMILES string of the molecule is Cc1cc(Br)ccc1-n1cnc(CNC(C)C)c1. The van der Waals surface area contributed by atoms with Crippen molar-refractivity contribution in [2.24, 2.45) is 0 Å². The van der Waals surface area contributed by atoms with Gasteiger partial charge in [0.15, 0.2) is 0 Å². The van der Waals surface area contributed by atoms with Crippen LogP contribution in [0.3, 0.4) is 0 Å². The molecule has 0 bridgehead atoms. The van der Waals surface area contributed by atoms with Crippen molar-refractivity contribution in [2.75, 3.05) is 0 Å². The second-order valence-corrected chi connectivity index (χ2v) is 5.65. The summed E-state index contributed by atoms with van der Waals surface area (Å²) in [5, 5.41) is 3.37. The third-order valence-electron chi connectivity index (χ3n) is 2.76. The molecule has 2 aromatic rings. The molecular formula is C14H18BrN3. The highest BCUT2D eigenvalue weighted by Crippen LogP contribution is 2.19. The zero-order valence-electron chi connectivity index (χ0n) is 10.9. The van der Waals surface area contributed by atoms with Crippen LogP contribution in [-0.4, -0.2) is 15.6 Å². The lowest BCUT2D eigenvalue weighted by Gasteiger charge is -2.07. The lowest BCUT2D eigenvalue weighted by molar-refractivity contribution is 0.582. The maximum atomic E-state index is 4.42. The van der Waals surface area contributed by atoms with E-state index < -0.39 is 0 Å². The fourth-order valence-corrected chi connectivity index (χ4v) is 2.28. The van der Waals surface area contributed by atoms with Crippen molar-refractivity contribution in [2.45, 2.75) is 33.4 Å². The number of hydrogen-bond acceptors (Lipinski definition) is 2. The predicted octanol–water partition coefficient (Wildman–Crippen LogP) is 3.44. The van der Waals surface area contributed by atoms with Crippen molar-refractivity contribution in [3.8, 4) is 5.69 Å². The normalized spacial score (nSPS) is 11.2. The van der Waals surface area contributed by atoms with Gasteiger partial charge in [-0.05, 0) is 30.7 Å². The molecule has 0 unspecified atom stereocenters. The standard InChI is InChI=1S/C14H18BrN3/c1-10(2)16-7-13-8-18(9-17-13)14-5-4-12(15)6-11(14)3/h4-6,8-10,16H,7H2,1-3H3. The monoisotopic (exact) mass is 307 g/mol. The summed E-state index contributed by atoms with van der Waals surface area (Å²) in [5.41, 5.74) is 3.46. The molecule has 0 aliphatic carbocycles. The summed E-state index contributed by atoms with van der Waals surface area (Å²) in [7, 11) is 0. The average molecular weight is 308 g/mol. The minimum absolute atomic E-state index is 0.476. The third kappa shape index (κ3) is 3.21. The fraction of sp³-hybridized carbons (Fsp3) is 0.357. The van der Waals surface area contributed by atoms with Crippen molar-refractivity contribution in [3.63, 3.8) is 0 Å². The maximum Gasteiger partial charge on any atom is 0.0995 e. The molecule has 1 heterocycles. The Kier molecular flexibility index (Phi) is 4.19. The van der Waals surface area contributed by atoms with Crippen LogP contribution in [0.25, 0.3) is 5.69 Å². The molecule has 0 spiro atoms. The molecule has 1 aromatic carbocycles. The van der Waals surface area contributed by atoms with Crippen LogP contribution in [-0.2, 0) is 6.54 Å². The zero-order valence-corrected chi connectivity index (χ0v) is 12.5. The van der Waals surface area contributed by atoms with Gasteiger partial charge in [0.1, 0.15) is 0 Å². The van der Waals surface area contributed by atoms with E-state index >= 15 is 0 Å². The first-order valence-corrected chi connectivity index (χ1v) is 6.88. The number of imidazole rings is 1. The zero-order chi connectivity index (χ0) is 13.1. The summed E-state index contributed by atoms with van der Waals surface area (Å²) in [4.78, 5) is 4.42. The molecule has 4 heteroatoms. The highest BCUT2D eigenvalue weighted by Gasteiger charge is 2.04. The Morgan fingerprint density at radius 3 is 2.83 bits per heavy atom. The molecular weight excluding hydrogens is 290 g/mol. The molecule has 96 valence electrons. The molecule has 2 rings (SSSR count). The van der Waals surface area contributed by atoms with Gasteiger partial charge in [0, 0.05) is 28.9 Å². The lowest BCUT2D eigenvalue weighted by atomic mass is 10.2. The number of hydrogen-bond donors (Lipinski definition) is 1. The van der Waals surface area contributed by atoms with Gasteiger partial charge in [0.2, 0.25) is 0 Å². The highest BCUT2D eigenvalue weighted by atomic mass is 79.9. The van der Waals surface area contributed by atoms with Crippen LogP contribution in [0.2, 0.25) is 0 Å². The summed E-state index contributed by atoms with van der Waals surface area (Å²) in [6.45, 7) is 7.18. The molecule has 0 aliphatic heterocycles. The fourth-order valence-electron chi connectivity index (χ4n) is 1.80. The van der Waals surface area contributed by atoms with Crippen LogP contribution in [0.5, 0.6) is 0 Å². The molecule has 0 fully saturated rings. The van der Waals surface area contributed by atoms with E-state index in [2.05, 4.69) is 69.9 Å². The summed E-state index contributed by atoms with van der Waals surface area (Å²) in [5.74, 6) is 0. The van der Waals surface area contributed by atoms with Gasteiger partial charge in [0.25, 0.3) is 0 Å². The van der Waals surface area contributed by atoms with Crippen LogP contribution >= 0.6 is 15.9 Å². The summed E-state index contributed by atoms with van der Waals surface area (Å²) >= 11 is 3.48. The van der Waals surface area contributed by atoms with E-state index in [9.17, 15) is 0 Å². The number of aryl methyl sites for hydroxylation is 1. The third-order valence-corrected chi connectivity index (χ3v) is 3.26. The summed E-state index contributed by atoms with van der Waals surface area (Å²) in [6.07, 6.45) is 3.94. The van der Waals surface area contributed by atoms with Gasteiger partial charge >= 0.3 is 0 Å². The first kappa shape index (κ1) is 13.3. The van der Waals surface area contributed by atoms with Crippen LogP contribution in [0.15, 0.2) is 35.2 Å². The molecule has 3 nitrogen and oxygen atoms in total. The van der Waals surface area contributed by atoms with Gasteiger partial charge in [0.05, 0.1) is 12.0 Å². The van der Waals surface area contributed by atoms with E-state index in [-0.39, 0.29) is 0 Å². The van der Waals surface area contributed by atoms with E-state index in [0.29, 0.717) is 6.04 Å². The van der Waals surface area contributed by atoms with Gasteiger partial charge in [-0.2, -0.15) is 0 Å². The average Bonchev–Trinajstić information content (AvgIpc) is 2.75. The Bertz CT molecular complexity index is 532. The van der Waals surface area contributed by atoms with Gasteiger partial charge in [-0.3, -0.25) is 0 Å². The Morgan fingerprint density at radius 1 is 1.39 bits per heavy atom. The maximum absolute atomic E-state index is 4.42. The second-order valence-electron chi connectivity index (χ2n) is 4.74. The van der Waals surface area contributed by atoms with Gasteiger partial charge in [-0.1, -0.05) is 29.8 Å². The van der Waals surface area contributed by atoms with Crippen LogP contribution in [0.1, 0.15) is 25.1 Å². The Morgan fingerprint density at radius 2 is 2.17 bits per heavy atom. The molecule has 1 aromatic heterocycles. The molecule has 0 atom stereocenters. The first-order valence-electron chi connectivity index (χ1n) is 6.09. The predicted molar refractivity (Wildman–Crippen MR) is 78.0 cm³/mol. The molecule has 0 saturated heterocycles. The van der Waals surface area contributed by atoms with E-state index in [0.717, 1.165) is 16.7 Å². The number of benzene rings is 1. The Balaban J connectivity index is 2.18. The molecule has 0 aliphatic rings. The topological polar surface area (TPSA) is 29.9 Å². The summed E-state index contributed by atoms with van der Waals surface area (Å²) in [6, 6.07) is 6.74. The smallest absolute Gasteiger partial charge is 0.0995 e. The van der Waals surface area contributed by atoms with Crippen molar-refractivity contribution in [1.29, 1.82) is 0 Å². The Hall–Kier alpha value is -1.13. The van der Waals surface area contributed by atoms with Crippen molar-refractivity contribution < 1.29 is 0 Å². The Labute approximate surface area is 116 Å². The van der Waals surface area contributed by atoms with Crippen molar-refractivity contribution in [3.05, 3.63) is 46.5 Å². The molecule has 0 saturated carbocycles. The van der Waals surface area contributed by atoms with E-state index in [1.807, 2.05) is 12.4 Å². The van der Waals surface area contributed by atoms with Gasteiger partial charge in [-0.15, -0.1) is 0 Å². The second kappa shape index (κ2) is 5.67. The van der Waals surface area contributed by atoms with Gasteiger partial charge in [-0.25, -0.2) is 4.98 Å². The van der Waals surface area contributed by atoms with Crippen molar-refractivity contribution in [1.82, 2.24) is 14.9 Å². The van der Waals surface area contributed by atoms with Crippen LogP contribution < -0.4 is 5.32 Å².